The van der Waals surface area contributed by atoms with Crippen LogP contribution in [0.2, 0.25) is 0 Å². The van der Waals surface area contributed by atoms with Crippen LogP contribution in [0.25, 0.3) is 10.9 Å². The van der Waals surface area contributed by atoms with Crippen LogP contribution in [0.3, 0.4) is 0 Å². The number of carbonyl (C=O) groups is 1. The van der Waals surface area contributed by atoms with Gasteiger partial charge in [-0.25, -0.2) is 8.78 Å². The first-order valence-electron chi connectivity index (χ1n) is 8.68. The van der Waals surface area contributed by atoms with Gasteiger partial charge in [0.25, 0.3) is 0 Å². The highest BCUT2D eigenvalue weighted by Gasteiger charge is 2.19. The number of H-pyrrole nitrogens is 1. The van der Waals surface area contributed by atoms with Crippen molar-refractivity contribution in [1.29, 1.82) is 0 Å². The Balaban J connectivity index is 1.44. The van der Waals surface area contributed by atoms with Crippen molar-refractivity contribution in [1.82, 2.24) is 20.0 Å². The van der Waals surface area contributed by atoms with Crippen molar-refractivity contribution in [3.8, 4) is 0 Å². The third-order valence-electron chi connectivity index (χ3n) is 4.33. The van der Waals surface area contributed by atoms with E-state index in [0.29, 0.717) is 0 Å². The molecule has 1 unspecified atom stereocenters. The lowest BCUT2D eigenvalue weighted by atomic mass is 10.1. The molecule has 0 aliphatic rings. The van der Waals surface area contributed by atoms with Crippen LogP contribution in [0, 0.1) is 12.7 Å². The zero-order valence-electron chi connectivity index (χ0n) is 15.0. The minimum atomic E-state index is -1.88. The van der Waals surface area contributed by atoms with E-state index in [1.54, 1.807) is 0 Å². The molecule has 2 heterocycles. The Morgan fingerprint density at radius 3 is 2.89 bits per heavy atom. The number of aromatic nitrogens is 4. The van der Waals surface area contributed by atoms with E-state index in [-0.39, 0.29) is 23.7 Å². The molecule has 28 heavy (non-hydrogen) atoms. The zero-order valence-corrected chi connectivity index (χ0v) is 15.0. The molecule has 0 saturated heterocycles. The number of rotatable bonds is 5. The van der Waals surface area contributed by atoms with Crippen LogP contribution >= 0.6 is 0 Å². The lowest BCUT2D eigenvalue weighted by Crippen LogP contribution is -2.16. The maximum absolute atomic E-state index is 14.5. The number of amides is 1. The molecule has 4 rings (SSSR count). The first kappa shape index (κ1) is 17.8. The highest BCUT2D eigenvalue weighted by molar-refractivity contribution is 5.92. The molecule has 8 heteroatoms. The largest absolute Gasteiger partial charge is 0.359 e. The van der Waals surface area contributed by atoms with Gasteiger partial charge in [0, 0.05) is 16.8 Å². The van der Waals surface area contributed by atoms with Gasteiger partial charge in [0.15, 0.2) is 5.82 Å². The minimum absolute atomic E-state index is 0.0996. The molecule has 2 aromatic carbocycles. The Morgan fingerprint density at radius 2 is 2.07 bits per heavy atom. The molecule has 0 saturated carbocycles. The van der Waals surface area contributed by atoms with Crippen LogP contribution in [0.1, 0.15) is 23.1 Å². The number of halogens is 2. The summed E-state index contributed by atoms with van der Waals surface area (Å²) in [5.74, 6) is -0.893. The second-order valence-electron chi connectivity index (χ2n) is 6.51. The number of nitrogens with zero attached hydrogens (tertiary/aromatic N) is 3. The van der Waals surface area contributed by atoms with Crippen LogP contribution < -0.4 is 5.32 Å². The van der Waals surface area contributed by atoms with E-state index in [9.17, 15) is 13.6 Å². The Hall–Kier alpha value is -3.55. The summed E-state index contributed by atoms with van der Waals surface area (Å²) in [5, 5.41) is 11.3. The predicted molar refractivity (Wildman–Crippen MR) is 101 cm³/mol. The molecule has 142 valence electrons. The van der Waals surface area contributed by atoms with Crippen molar-refractivity contribution in [3.05, 3.63) is 77.4 Å². The summed E-state index contributed by atoms with van der Waals surface area (Å²) < 4.78 is 28.2. The van der Waals surface area contributed by atoms with Gasteiger partial charge in [-0.15, -0.1) is 9.90 Å². The third-order valence-corrected chi connectivity index (χ3v) is 4.33. The Labute approximate surface area is 159 Å². The van der Waals surface area contributed by atoms with E-state index in [4.69, 9.17) is 0 Å². The van der Waals surface area contributed by atoms with Gasteiger partial charge < -0.3 is 10.3 Å². The molecule has 6 nitrogen and oxygen atoms in total. The number of aromatic amines is 1. The number of alkyl halides is 1. The van der Waals surface area contributed by atoms with Gasteiger partial charge in [0.05, 0.1) is 12.6 Å². The van der Waals surface area contributed by atoms with Gasteiger partial charge in [-0.3, -0.25) is 4.79 Å². The fourth-order valence-electron chi connectivity index (χ4n) is 3.04. The van der Waals surface area contributed by atoms with Crippen molar-refractivity contribution < 1.29 is 13.6 Å². The summed E-state index contributed by atoms with van der Waals surface area (Å²) in [6.07, 6.45) is -0.519. The van der Waals surface area contributed by atoms with Gasteiger partial charge >= 0.3 is 0 Å². The topological polar surface area (TPSA) is 75.6 Å². The van der Waals surface area contributed by atoms with E-state index in [1.165, 1.54) is 24.4 Å². The van der Waals surface area contributed by atoms with Crippen LogP contribution in [0.4, 0.5) is 14.6 Å². The second kappa shape index (κ2) is 7.22. The van der Waals surface area contributed by atoms with Crippen molar-refractivity contribution in [3.63, 3.8) is 0 Å². The summed E-state index contributed by atoms with van der Waals surface area (Å²) in [7, 11) is 0. The minimum Gasteiger partial charge on any atom is -0.359 e. The fourth-order valence-corrected chi connectivity index (χ4v) is 3.04. The van der Waals surface area contributed by atoms with Crippen molar-refractivity contribution in [2.75, 3.05) is 5.32 Å². The summed E-state index contributed by atoms with van der Waals surface area (Å²) >= 11 is 0. The molecule has 0 fully saturated rings. The van der Waals surface area contributed by atoms with Crippen LogP contribution in [-0.2, 0) is 11.2 Å². The third kappa shape index (κ3) is 3.62. The van der Waals surface area contributed by atoms with E-state index >= 15 is 0 Å². The second-order valence-corrected chi connectivity index (χ2v) is 6.51. The van der Waals surface area contributed by atoms with E-state index in [1.807, 2.05) is 31.2 Å². The molecule has 0 spiro atoms. The lowest BCUT2D eigenvalue weighted by molar-refractivity contribution is -0.115. The van der Waals surface area contributed by atoms with Crippen molar-refractivity contribution in [2.24, 2.45) is 0 Å². The molecule has 0 radical (unpaired) electrons. The Kier molecular flexibility index (Phi) is 4.60. The average molecular weight is 381 g/mol. The molecular weight excluding hydrogens is 364 g/mol. The van der Waals surface area contributed by atoms with E-state index < -0.39 is 12.1 Å². The summed E-state index contributed by atoms with van der Waals surface area (Å²) in [5.41, 5.74) is 2.72. The van der Waals surface area contributed by atoms with Gasteiger partial charge in [-0.2, -0.15) is 5.10 Å². The first-order valence-corrected chi connectivity index (χ1v) is 8.68. The summed E-state index contributed by atoms with van der Waals surface area (Å²) in [4.78, 5) is 16.2. The summed E-state index contributed by atoms with van der Waals surface area (Å²) in [6.45, 7) is 1.97. The fraction of sp³-hybridized carbons (Fsp3) is 0.150. The average Bonchev–Trinajstić information content (AvgIpc) is 3.26. The number of aryl methyl sites for hydroxylation is 1. The SMILES string of the molecule is Cc1cc2cc(CC(=O)Nc3cnn(C(F)c4ccccc4F)n3)ccc2[nH]1. The van der Waals surface area contributed by atoms with Gasteiger partial charge in [-0.05, 0) is 42.1 Å². The Bertz CT molecular complexity index is 1150. The molecule has 2 N–H and O–H groups in total. The molecule has 1 atom stereocenters. The molecule has 1 amide bonds. The molecule has 0 aliphatic heterocycles. The van der Waals surface area contributed by atoms with Gasteiger partial charge in [-0.1, -0.05) is 24.3 Å². The number of benzene rings is 2. The van der Waals surface area contributed by atoms with Crippen LogP contribution in [0.5, 0.6) is 0 Å². The lowest BCUT2D eigenvalue weighted by Gasteiger charge is -2.08. The number of nitrogens with one attached hydrogen (secondary N) is 2. The van der Waals surface area contributed by atoms with E-state index in [0.717, 1.165) is 33.0 Å². The smallest absolute Gasteiger partial charge is 0.238 e. The standard InChI is InChI=1S/C20H17F2N5O/c1-12-8-14-9-13(6-7-17(14)24-12)10-19(28)25-18-11-23-27(26-18)20(22)15-4-2-3-5-16(15)21/h2-9,11,20,24H,10H2,1H3,(H,25,26,28). The van der Waals surface area contributed by atoms with E-state index in [2.05, 4.69) is 20.5 Å². The highest BCUT2D eigenvalue weighted by Crippen LogP contribution is 2.22. The predicted octanol–water partition coefficient (Wildman–Crippen LogP) is 3.90. The number of hydrogen-bond donors (Lipinski definition) is 2. The quantitative estimate of drug-likeness (QED) is 0.550. The van der Waals surface area contributed by atoms with Crippen molar-refractivity contribution >= 4 is 22.6 Å². The molecule has 0 aliphatic carbocycles. The number of hydrogen-bond acceptors (Lipinski definition) is 3. The maximum atomic E-state index is 14.5. The highest BCUT2D eigenvalue weighted by atomic mass is 19.1. The van der Waals surface area contributed by atoms with Crippen LogP contribution in [0.15, 0.2) is 54.7 Å². The van der Waals surface area contributed by atoms with Crippen molar-refractivity contribution in [2.45, 2.75) is 19.6 Å². The van der Waals surface area contributed by atoms with Crippen LogP contribution in [-0.4, -0.2) is 25.9 Å². The summed E-state index contributed by atoms with van der Waals surface area (Å²) in [6, 6.07) is 13.2. The first-order chi connectivity index (χ1) is 13.5. The normalized spacial score (nSPS) is 12.2. The Morgan fingerprint density at radius 1 is 1.25 bits per heavy atom. The maximum Gasteiger partial charge on any atom is 0.238 e. The number of anilines is 1. The van der Waals surface area contributed by atoms with Gasteiger partial charge in [0.2, 0.25) is 12.2 Å². The molecular formula is C20H17F2N5O. The number of fused-ring (bicyclic) bond motifs is 1. The number of carbonyl (C=O) groups excluding carboxylic acids is 1. The zero-order chi connectivity index (χ0) is 19.7. The monoisotopic (exact) mass is 381 g/mol. The molecule has 4 aromatic rings. The van der Waals surface area contributed by atoms with Gasteiger partial charge in [0.1, 0.15) is 5.82 Å². The molecule has 2 aromatic heterocycles. The molecule has 0 bridgehead atoms.